The molecule has 3 amide bonds. The van der Waals surface area contributed by atoms with Crippen molar-refractivity contribution in [3.63, 3.8) is 0 Å². The van der Waals surface area contributed by atoms with Crippen LogP contribution in [0.25, 0.3) is 10.4 Å². The normalized spacial score (nSPS) is 22.6. The van der Waals surface area contributed by atoms with Crippen molar-refractivity contribution in [3.05, 3.63) is 21.7 Å². The summed E-state index contributed by atoms with van der Waals surface area (Å²) in [5.74, 6) is -2.29. The molecule has 12 nitrogen and oxygen atoms in total. The second-order valence-corrected chi connectivity index (χ2v) is 8.84. The number of nitrogens with one attached hydrogen (secondary N) is 2. The molecule has 2 rings (SSSR count). The van der Waals surface area contributed by atoms with Crippen LogP contribution in [0.2, 0.25) is 0 Å². The Balaban J connectivity index is 2.20. The number of β-lactam (4-membered cyclic amide) rings is 1. The van der Waals surface area contributed by atoms with Crippen LogP contribution >= 0.6 is 12.6 Å². The summed E-state index contributed by atoms with van der Waals surface area (Å²) in [5, 5.41) is 17.3. The Morgan fingerprint density at radius 2 is 2.06 bits per heavy atom. The van der Waals surface area contributed by atoms with Crippen LogP contribution in [0.4, 0.5) is 4.79 Å². The smallest absolute Gasteiger partial charge is 0.408 e. The minimum atomic E-state index is -1.14. The lowest BCUT2D eigenvalue weighted by atomic mass is 9.82. The van der Waals surface area contributed by atoms with Gasteiger partial charge in [-0.25, -0.2) is 4.79 Å². The molecule has 0 radical (unpaired) electrons. The molecule has 3 N–H and O–H groups in total. The first-order chi connectivity index (χ1) is 14.5. The standard InChI is InChI=1S/C18H26N6O6S/c1-18(2,3)30-17(29)22-12-14-10(31)7-9(8-11(25)26)13(24(14)16(12)28)15(27)20-5-4-6-21-23-19/h10,12,14,31H,4-8H2,1-3H3,(H,20,27)(H,22,29)(H,25,26)/t10?,12-,14+/m1/s1. The van der Waals surface area contributed by atoms with E-state index in [-0.39, 0.29) is 30.8 Å². The Morgan fingerprint density at radius 3 is 2.65 bits per heavy atom. The monoisotopic (exact) mass is 454 g/mol. The van der Waals surface area contributed by atoms with E-state index in [2.05, 4.69) is 33.3 Å². The molecule has 0 aromatic carbocycles. The van der Waals surface area contributed by atoms with E-state index < -0.39 is 53.2 Å². The number of carbonyl (C=O) groups is 4. The van der Waals surface area contributed by atoms with Gasteiger partial charge in [-0.15, -0.1) is 0 Å². The van der Waals surface area contributed by atoms with Gasteiger partial charge in [0.15, 0.2) is 0 Å². The number of alkyl carbamates (subject to hydrolysis) is 1. The maximum absolute atomic E-state index is 12.8. The highest BCUT2D eigenvalue weighted by Crippen LogP contribution is 2.40. The molecular weight excluding hydrogens is 428 g/mol. The van der Waals surface area contributed by atoms with E-state index in [1.54, 1.807) is 20.8 Å². The fraction of sp³-hybridized carbons (Fsp3) is 0.667. The zero-order valence-corrected chi connectivity index (χ0v) is 18.4. The fourth-order valence-electron chi connectivity index (χ4n) is 3.47. The molecular formula is C18H26N6O6S. The molecule has 31 heavy (non-hydrogen) atoms. The second kappa shape index (κ2) is 9.92. The molecule has 0 aromatic heterocycles. The van der Waals surface area contributed by atoms with Crippen LogP contribution in [0.3, 0.4) is 0 Å². The summed E-state index contributed by atoms with van der Waals surface area (Å²) in [6.45, 7) is 5.43. The minimum absolute atomic E-state index is 0.0336. The topological polar surface area (TPSA) is 174 Å². The van der Waals surface area contributed by atoms with Crippen LogP contribution < -0.4 is 10.6 Å². The number of azide groups is 1. The maximum atomic E-state index is 12.8. The van der Waals surface area contributed by atoms with E-state index in [0.29, 0.717) is 6.42 Å². The van der Waals surface area contributed by atoms with Gasteiger partial charge in [0.05, 0.1) is 12.5 Å². The fourth-order valence-corrected chi connectivity index (χ4v) is 4.00. The number of aliphatic carboxylic acids is 1. The first-order valence-corrected chi connectivity index (χ1v) is 10.2. The van der Waals surface area contributed by atoms with Crippen LogP contribution in [-0.2, 0) is 19.1 Å². The van der Waals surface area contributed by atoms with Gasteiger partial charge in [-0.1, -0.05) is 5.11 Å². The number of hydrogen-bond donors (Lipinski definition) is 4. The van der Waals surface area contributed by atoms with E-state index in [9.17, 15) is 24.3 Å². The van der Waals surface area contributed by atoms with Crippen LogP contribution in [0.1, 0.15) is 40.0 Å². The predicted molar refractivity (Wildman–Crippen MR) is 112 cm³/mol. The highest BCUT2D eigenvalue weighted by atomic mass is 32.1. The van der Waals surface area contributed by atoms with E-state index in [1.165, 1.54) is 4.90 Å². The summed E-state index contributed by atoms with van der Waals surface area (Å²) < 4.78 is 5.19. The molecule has 1 saturated heterocycles. The van der Waals surface area contributed by atoms with Gasteiger partial charge in [0.1, 0.15) is 17.3 Å². The summed E-state index contributed by atoms with van der Waals surface area (Å²) in [6, 6.07) is -1.55. The van der Waals surface area contributed by atoms with Crippen LogP contribution in [-0.4, -0.2) is 69.9 Å². The molecule has 2 aliphatic rings. The molecule has 0 aromatic rings. The Labute approximate surface area is 184 Å². The average molecular weight is 455 g/mol. The third-order valence-corrected chi connectivity index (χ3v) is 5.09. The largest absolute Gasteiger partial charge is 0.481 e. The van der Waals surface area contributed by atoms with Gasteiger partial charge in [0.2, 0.25) is 0 Å². The van der Waals surface area contributed by atoms with Crippen LogP contribution in [0.15, 0.2) is 16.4 Å². The summed E-state index contributed by atoms with van der Waals surface area (Å²) >= 11 is 4.48. The SMILES string of the molecule is CC(C)(C)OC(=O)N[C@H]1C(=O)N2C(C(=O)NCCCN=[N+]=[N-])=C(CC(=O)O)CC(S)[C@@H]12. The number of carbonyl (C=O) groups excluding carboxylic acids is 3. The van der Waals surface area contributed by atoms with Crippen molar-refractivity contribution in [2.45, 2.75) is 63.0 Å². The number of nitrogens with zero attached hydrogens (tertiary/aromatic N) is 4. The Hall–Kier alpha value is -2.92. The zero-order valence-electron chi connectivity index (χ0n) is 17.5. The number of rotatable bonds is 8. The average Bonchev–Trinajstić information content (AvgIpc) is 2.63. The first-order valence-electron chi connectivity index (χ1n) is 9.69. The quantitative estimate of drug-likeness (QED) is 0.107. The van der Waals surface area contributed by atoms with Crippen molar-refractivity contribution < 1.29 is 29.0 Å². The van der Waals surface area contributed by atoms with Gasteiger partial charge in [-0.05, 0) is 44.7 Å². The lowest BCUT2D eigenvalue weighted by Crippen LogP contribution is -2.75. The third-order valence-electron chi connectivity index (χ3n) is 4.60. The number of hydrogen-bond acceptors (Lipinski definition) is 7. The highest BCUT2D eigenvalue weighted by molar-refractivity contribution is 7.81. The maximum Gasteiger partial charge on any atom is 0.408 e. The van der Waals surface area contributed by atoms with Crippen LogP contribution in [0.5, 0.6) is 0 Å². The Kier molecular flexibility index (Phi) is 7.80. The third kappa shape index (κ3) is 6.05. The summed E-state index contributed by atoms with van der Waals surface area (Å²) in [4.78, 5) is 52.8. The van der Waals surface area contributed by atoms with E-state index >= 15 is 0 Å². The van der Waals surface area contributed by atoms with Gasteiger partial charge in [-0.2, -0.15) is 12.6 Å². The summed E-state index contributed by atoms with van der Waals surface area (Å²) in [6.07, 6.45) is -0.639. The van der Waals surface area contributed by atoms with Crippen molar-refractivity contribution in [3.8, 4) is 0 Å². The van der Waals surface area contributed by atoms with Crippen molar-refractivity contribution >= 4 is 36.5 Å². The molecule has 2 aliphatic heterocycles. The van der Waals surface area contributed by atoms with Crippen LogP contribution in [0, 0.1) is 0 Å². The van der Waals surface area contributed by atoms with Gasteiger partial charge in [0.25, 0.3) is 11.8 Å². The van der Waals surface area contributed by atoms with E-state index in [4.69, 9.17) is 10.3 Å². The molecule has 3 atom stereocenters. The van der Waals surface area contributed by atoms with Crippen molar-refractivity contribution in [2.75, 3.05) is 13.1 Å². The molecule has 13 heteroatoms. The van der Waals surface area contributed by atoms with E-state index in [1.807, 2.05) is 0 Å². The molecule has 0 spiro atoms. The minimum Gasteiger partial charge on any atom is -0.481 e. The summed E-state index contributed by atoms with van der Waals surface area (Å²) in [7, 11) is 0. The molecule has 2 heterocycles. The Bertz CT molecular complexity index is 847. The molecule has 0 aliphatic carbocycles. The number of thiol groups is 1. The van der Waals surface area contributed by atoms with Gasteiger partial charge >= 0.3 is 12.1 Å². The molecule has 1 unspecified atom stereocenters. The number of carboxylic acids is 1. The Morgan fingerprint density at radius 1 is 1.39 bits per heavy atom. The van der Waals surface area contributed by atoms with Crippen molar-refractivity contribution in [1.29, 1.82) is 0 Å². The second-order valence-electron chi connectivity index (χ2n) is 8.18. The highest BCUT2D eigenvalue weighted by Gasteiger charge is 2.56. The van der Waals surface area contributed by atoms with Crippen molar-refractivity contribution in [1.82, 2.24) is 15.5 Å². The first kappa shape index (κ1) is 24.4. The lowest BCUT2D eigenvalue weighted by Gasteiger charge is -2.53. The lowest BCUT2D eigenvalue weighted by molar-refractivity contribution is -0.151. The van der Waals surface area contributed by atoms with Gasteiger partial charge in [-0.3, -0.25) is 19.3 Å². The predicted octanol–water partition coefficient (Wildman–Crippen LogP) is 1.34. The molecule has 1 fully saturated rings. The molecule has 0 saturated carbocycles. The van der Waals surface area contributed by atoms with E-state index in [0.717, 1.165) is 0 Å². The molecule has 0 bridgehead atoms. The van der Waals surface area contributed by atoms with Crippen molar-refractivity contribution in [2.24, 2.45) is 5.11 Å². The van der Waals surface area contributed by atoms with Gasteiger partial charge in [0, 0.05) is 23.3 Å². The molecule has 170 valence electrons. The number of carboxylic acid groups (broad SMARTS) is 1. The summed E-state index contributed by atoms with van der Waals surface area (Å²) in [5.41, 5.74) is 7.78. The number of amides is 3. The number of ether oxygens (including phenoxy) is 1. The van der Waals surface area contributed by atoms with Gasteiger partial charge < -0.3 is 20.5 Å². The number of fused-ring (bicyclic) bond motifs is 1. The zero-order chi connectivity index (χ0) is 23.3.